The summed E-state index contributed by atoms with van der Waals surface area (Å²) in [5, 5.41) is 7.74. The number of carbonyl (C=O) groups excluding carboxylic acids is 1. The highest BCUT2D eigenvalue weighted by Crippen LogP contribution is 2.15. The van der Waals surface area contributed by atoms with Crippen molar-refractivity contribution in [2.45, 2.75) is 0 Å². The average molecular weight is 184 g/mol. The molecule has 14 heavy (non-hydrogen) atoms. The van der Waals surface area contributed by atoms with Gasteiger partial charge in [-0.05, 0) is 18.2 Å². The summed E-state index contributed by atoms with van der Waals surface area (Å²) in [5.74, 6) is 0. The van der Waals surface area contributed by atoms with Gasteiger partial charge < -0.3 is 0 Å². The summed E-state index contributed by atoms with van der Waals surface area (Å²) in [6.07, 6.45) is 2.44. The van der Waals surface area contributed by atoms with E-state index in [1.807, 2.05) is 24.3 Å². The van der Waals surface area contributed by atoms with E-state index in [0.29, 0.717) is 5.56 Å². The second-order valence-electron chi connectivity index (χ2n) is 2.85. The van der Waals surface area contributed by atoms with Crippen molar-refractivity contribution >= 4 is 6.29 Å². The van der Waals surface area contributed by atoms with E-state index in [9.17, 15) is 4.79 Å². The first-order chi connectivity index (χ1) is 6.90. The van der Waals surface area contributed by atoms with Crippen LogP contribution in [0, 0.1) is 0 Å². The maximum Gasteiger partial charge on any atom is 0.150 e. The number of benzene rings is 1. The first-order valence-corrected chi connectivity index (χ1v) is 4.23. The van der Waals surface area contributed by atoms with Crippen molar-refractivity contribution in [2.24, 2.45) is 0 Å². The standard InChI is InChI=1S/C11H8N2O/c14-8-9-3-1-4-10(7-9)11-5-2-6-12-13-11/h1-8H. The highest BCUT2D eigenvalue weighted by atomic mass is 16.1. The molecule has 0 aliphatic carbocycles. The lowest BCUT2D eigenvalue weighted by Gasteiger charge is -1.98. The van der Waals surface area contributed by atoms with Crippen LogP contribution in [0.1, 0.15) is 10.4 Å². The minimum Gasteiger partial charge on any atom is -0.298 e. The van der Waals surface area contributed by atoms with Gasteiger partial charge in [-0.15, -0.1) is 0 Å². The second-order valence-corrected chi connectivity index (χ2v) is 2.85. The molecule has 0 fully saturated rings. The minimum absolute atomic E-state index is 0.646. The molecule has 2 aromatic rings. The summed E-state index contributed by atoms with van der Waals surface area (Å²) >= 11 is 0. The summed E-state index contributed by atoms with van der Waals surface area (Å²) in [7, 11) is 0. The SMILES string of the molecule is O=Cc1cccc(-c2cccnn2)c1. The number of aromatic nitrogens is 2. The highest BCUT2D eigenvalue weighted by molar-refractivity contribution is 5.78. The Morgan fingerprint density at radius 2 is 2.07 bits per heavy atom. The van der Waals surface area contributed by atoms with Crippen LogP contribution < -0.4 is 0 Å². The van der Waals surface area contributed by atoms with Crippen LogP contribution in [-0.4, -0.2) is 16.5 Å². The molecule has 0 saturated heterocycles. The topological polar surface area (TPSA) is 42.9 Å². The van der Waals surface area contributed by atoms with Gasteiger partial charge in [-0.1, -0.05) is 18.2 Å². The number of rotatable bonds is 2. The van der Waals surface area contributed by atoms with Crippen LogP contribution in [0.4, 0.5) is 0 Å². The molecule has 3 nitrogen and oxygen atoms in total. The summed E-state index contributed by atoms with van der Waals surface area (Å²) in [6, 6.07) is 10.9. The van der Waals surface area contributed by atoms with Gasteiger partial charge in [0.15, 0.2) is 0 Å². The summed E-state index contributed by atoms with van der Waals surface area (Å²) in [4.78, 5) is 10.6. The van der Waals surface area contributed by atoms with Gasteiger partial charge in [0.05, 0.1) is 5.69 Å². The predicted molar refractivity (Wildman–Crippen MR) is 52.9 cm³/mol. The lowest BCUT2D eigenvalue weighted by Crippen LogP contribution is -1.87. The maximum absolute atomic E-state index is 10.6. The van der Waals surface area contributed by atoms with Crippen LogP contribution in [0.5, 0.6) is 0 Å². The first-order valence-electron chi connectivity index (χ1n) is 4.23. The molecular weight excluding hydrogens is 176 g/mol. The molecule has 0 amide bonds. The Bertz CT molecular complexity index is 440. The van der Waals surface area contributed by atoms with E-state index in [4.69, 9.17) is 0 Å². The molecule has 68 valence electrons. The van der Waals surface area contributed by atoms with Crippen molar-refractivity contribution in [3.8, 4) is 11.3 Å². The quantitative estimate of drug-likeness (QED) is 0.670. The fraction of sp³-hybridized carbons (Fsp3) is 0. The Morgan fingerprint density at radius 1 is 1.14 bits per heavy atom. The van der Waals surface area contributed by atoms with E-state index in [0.717, 1.165) is 17.5 Å². The molecule has 0 aliphatic heterocycles. The molecule has 0 aliphatic rings. The molecule has 0 N–H and O–H groups in total. The Labute approximate surface area is 81.4 Å². The van der Waals surface area contributed by atoms with Crippen LogP contribution in [0.2, 0.25) is 0 Å². The number of nitrogens with zero attached hydrogens (tertiary/aromatic N) is 2. The zero-order valence-electron chi connectivity index (χ0n) is 7.42. The molecule has 1 aromatic heterocycles. The average Bonchev–Trinajstić information content (AvgIpc) is 2.30. The molecule has 3 heteroatoms. The Kier molecular flexibility index (Phi) is 2.32. The van der Waals surface area contributed by atoms with Crippen molar-refractivity contribution < 1.29 is 4.79 Å². The lowest BCUT2D eigenvalue weighted by molar-refractivity contribution is 0.112. The number of carbonyl (C=O) groups is 1. The maximum atomic E-state index is 10.6. The fourth-order valence-electron chi connectivity index (χ4n) is 1.23. The van der Waals surface area contributed by atoms with Crippen LogP contribution in [0.25, 0.3) is 11.3 Å². The predicted octanol–water partition coefficient (Wildman–Crippen LogP) is 1.96. The third kappa shape index (κ3) is 1.66. The Morgan fingerprint density at radius 3 is 2.79 bits per heavy atom. The van der Waals surface area contributed by atoms with Gasteiger partial charge in [-0.3, -0.25) is 4.79 Å². The zero-order valence-corrected chi connectivity index (χ0v) is 7.42. The van der Waals surface area contributed by atoms with E-state index >= 15 is 0 Å². The smallest absolute Gasteiger partial charge is 0.150 e. The highest BCUT2D eigenvalue weighted by Gasteiger charge is 1.98. The monoisotopic (exact) mass is 184 g/mol. The largest absolute Gasteiger partial charge is 0.298 e. The van der Waals surface area contributed by atoms with Crippen molar-refractivity contribution in [3.05, 3.63) is 48.2 Å². The third-order valence-electron chi connectivity index (χ3n) is 1.89. The molecule has 0 unspecified atom stereocenters. The second kappa shape index (κ2) is 3.79. The van der Waals surface area contributed by atoms with E-state index in [1.165, 1.54) is 0 Å². The van der Waals surface area contributed by atoms with Crippen molar-refractivity contribution in [1.82, 2.24) is 10.2 Å². The van der Waals surface area contributed by atoms with E-state index in [1.54, 1.807) is 18.3 Å². The van der Waals surface area contributed by atoms with Gasteiger partial charge in [-0.2, -0.15) is 10.2 Å². The molecule has 0 atom stereocenters. The van der Waals surface area contributed by atoms with Gasteiger partial charge in [0, 0.05) is 17.3 Å². The third-order valence-corrected chi connectivity index (χ3v) is 1.89. The molecule has 0 bridgehead atoms. The van der Waals surface area contributed by atoms with Gasteiger partial charge in [0.2, 0.25) is 0 Å². The van der Waals surface area contributed by atoms with Crippen LogP contribution in [0.15, 0.2) is 42.6 Å². The lowest BCUT2D eigenvalue weighted by atomic mass is 10.1. The Hall–Kier alpha value is -2.03. The summed E-state index contributed by atoms with van der Waals surface area (Å²) in [6.45, 7) is 0. The molecule has 0 saturated carbocycles. The van der Waals surface area contributed by atoms with Crippen molar-refractivity contribution in [2.75, 3.05) is 0 Å². The number of aldehydes is 1. The number of hydrogen-bond donors (Lipinski definition) is 0. The summed E-state index contributed by atoms with van der Waals surface area (Å²) in [5.41, 5.74) is 2.33. The van der Waals surface area contributed by atoms with E-state index < -0.39 is 0 Å². The van der Waals surface area contributed by atoms with Gasteiger partial charge >= 0.3 is 0 Å². The molecule has 1 heterocycles. The summed E-state index contributed by atoms with van der Waals surface area (Å²) < 4.78 is 0. The first kappa shape index (κ1) is 8.56. The number of hydrogen-bond acceptors (Lipinski definition) is 3. The Balaban J connectivity index is 2.47. The van der Waals surface area contributed by atoms with Gasteiger partial charge in [0.1, 0.15) is 6.29 Å². The van der Waals surface area contributed by atoms with Crippen molar-refractivity contribution in [3.63, 3.8) is 0 Å². The van der Waals surface area contributed by atoms with E-state index in [2.05, 4.69) is 10.2 Å². The van der Waals surface area contributed by atoms with Gasteiger partial charge in [0.25, 0.3) is 0 Å². The fourth-order valence-corrected chi connectivity index (χ4v) is 1.23. The zero-order chi connectivity index (χ0) is 9.80. The normalized spacial score (nSPS) is 9.71. The molecule has 1 aromatic carbocycles. The van der Waals surface area contributed by atoms with Crippen LogP contribution in [0.3, 0.4) is 0 Å². The van der Waals surface area contributed by atoms with E-state index in [-0.39, 0.29) is 0 Å². The van der Waals surface area contributed by atoms with Gasteiger partial charge in [-0.25, -0.2) is 0 Å². The van der Waals surface area contributed by atoms with Crippen molar-refractivity contribution in [1.29, 1.82) is 0 Å². The molecule has 0 spiro atoms. The molecular formula is C11H8N2O. The molecule has 2 rings (SSSR count). The van der Waals surface area contributed by atoms with Crippen LogP contribution >= 0.6 is 0 Å². The van der Waals surface area contributed by atoms with Crippen LogP contribution in [-0.2, 0) is 0 Å². The molecule has 0 radical (unpaired) electrons. The minimum atomic E-state index is 0.646.